The van der Waals surface area contributed by atoms with Crippen molar-refractivity contribution in [2.45, 2.75) is 38.1 Å². The summed E-state index contributed by atoms with van der Waals surface area (Å²) in [5, 5.41) is 18.0. The number of phenols is 1. The number of aromatic nitrogens is 3. The Morgan fingerprint density at radius 1 is 1.26 bits per heavy atom. The summed E-state index contributed by atoms with van der Waals surface area (Å²) in [6, 6.07) is 5.80. The zero-order valence-corrected chi connectivity index (χ0v) is 14.6. The fraction of sp³-hybridized carbons (Fsp3) is 0.316. The van der Waals surface area contributed by atoms with Crippen molar-refractivity contribution in [3.05, 3.63) is 42.0 Å². The maximum absolute atomic E-state index is 13.4. The van der Waals surface area contributed by atoms with Gasteiger partial charge in [-0.1, -0.05) is 24.4 Å². The highest BCUT2D eigenvalue weighted by atomic mass is 19.1. The Labute approximate surface area is 154 Å². The van der Waals surface area contributed by atoms with E-state index in [4.69, 9.17) is 10.3 Å². The van der Waals surface area contributed by atoms with Crippen LogP contribution >= 0.6 is 0 Å². The molecule has 140 valence electrons. The summed E-state index contributed by atoms with van der Waals surface area (Å²) in [6.07, 6.45) is 7.10. The summed E-state index contributed by atoms with van der Waals surface area (Å²) in [7, 11) is 0. The van der Waals surface area contributed by atoms with E-state index in [9.17, 15) is 14.3 Å². The Balaban J connectivity index is 1.87. The van der Waals surface area contributed by atoms with Gasteiger partial charge in [-0.2, -0.15) is 5.10 Å². The monoisotopic (exact) mass is 370 g/mol. The van der Waals surface area contributed by atoms with Crippen LogP contribution in [-0.2, 0) is 0 Å². The molecule has 2 aromatic heterocycles. The van der Waals surface area contributed by atoms with Gasteiger partial charge in [0, 0.05) is 11.8 Å². The van der Waals surface area contributed by atoms with Crippen LogP contribution in [0.3, 0.4) is 0 Å². The van der Waals surface area contributed by atoms with E-state index >= 15 is 0 Å². The molecule has 1 saturated carbocycles. The number of benzene rings is 1. The van der Waals surface area contributed by atoms with Crippen LogP contribution in [0.25, 0.3) is 22.6 Å². The van der Waals surface area contributed by atoms with Crippen LogP contribution in [0.1, 0.15) is 48.6 Å². The van der Waals surface area contributed by atoms with Gasteiger partial charge in [0.05, 0.1) is 17.3 Å². The zero-order valence-electron chi connectivity index (χ0n) is 14.6. The molecule has 0 radical (unpaired) electrons. The van der Waals surface area contributed by atoms with Crippen molar-refractivity contribution in [1.82, 2.24) is 14.9 Å². The standard InChI is InChI=1S/C19H19FN4O3/c20-13-7-6-11(10-15(13)25)18-16(17(19(21)26)23-27-18)14-8-9-22-24(14)12-4-2-1-3-5-12/h6-10,12,25H,1-5H2,(H2,21,26). The quantitative estimate of drug-likeness (QED) is 0.729. The molecular formula is C19H19FN4O3. The molecule has 7 nitrogen and oxygen atoms in total. The molecule has 4 rings (SSSR count). The molecule has 0 spiro atoms. The predicted octanol–water partition coefficient (Wildman–Crippen LogP) is 3.65. The number of amides is 1. The number of nitrogens with zero attached hydrogens (tertiary/aromatic N) is 3. The van der Waals surface area contributed by atoms with Crippen LogP contribution in [0.5, 0.6) is 5.75 Å². The number of carbonyl (C=O) groups is 1. The number of phenolic OH excluding ortho intramolecular Hbond substituents is 1. The van der Waals surface area contributed by atoms with Crippen LogP contribution in [0.15, 0.2) is 35.0 Å². The molecule has 0 saturated heterocycles. The van der Waals surface area contributed by atoms with Gasteiger partial charge < -0.3 is 15.4 Å². The molecule has 1 fully saturated rings. The highest BCUT2D eigenvalue weighted by Crippen LogP contribution is 2.39. The van der Waals surface area contributed by atoms with Crippen molar-refractivity contribution in [2.24, 2.45) is 5.73 Å². The van der Waals surface area contributed by atoms with Gasteiger partial charge >= 0.3 is 0 Å². The second kappa shape index (κ2) is 6.86. The van der Waals surface area contributed by atoms with Crippen LogP contribution in [0.4, 0.5) is 4.39 Å². The first-order chi connectivity index (χ1) is 13.1. The van der Waals surface area contributed by atoms with E-state index in [1.807, 2.05) is 4.68 Å². The zero-order chi connectivity index (χ0) is 19.0. The Morgan fingerprint density at radius 3 is 2.74 bits per heavy atom. The highest BCUT2D eigenvalue weighted by molar-refractivity contribution is 6.00. The summed E-state index contributed by atoms with van der Waals surface area (Å²) >= 11 is 0. The maximum Gasteiger partial charge on any atom is 0.271 e. The van der Waals surface area contributed by atoms with Crippen LogP contribution in [-0.4, -0.2) is 26.0 Å². The lowest BCUT2D eigenvalue weighted by atomic mass is 9.95. The van der Waals surface area contributed by atoms with E-state index in [2.05, 4.69) is 10.3 Å². The molecule has 27 heavy (non-hydrogen) atoms. The summed E-state index contributed by atoms with van der Waals surface area (Å²) in [5.41, 5.74) is 6.92. The van der Waals surface area contributed by atoms with Crippen molar-refractivity contribution < 1.29 is 18.8 Å². The lowest BCUT2D eigenvalue weighted by Gasteiger charge is -2.24. The SMILES string of the molecule is NC(=O)c1noc(-c2ccc(F)c(O)c2)c1-c1ccnn1C1CCCCC1. The minimum absolute atomic E-state index is 0.0219. The number of hydrogen-bond donors (Lipinski definition) is 2. The third-order valence-corrected chi connectivity index (χ3v) is 4.98. The molecule has 0 unspecified atom stereocenters. The smallest absolute Gasteiger partial charge is 0.271 e. The van der Waals surface area contributed by atoms with E-state index in [0.29, 0.717) is 16.8 Å². The maximum atomic E-state index is 13.4. The molecule has 0 atom stereocenters. The molecule has 0 bridgehead atoms. The highest BCUT2D eigenvalue weighted by Gasteiger charge is 2.28. The first-order valence-electron chi connectivity index (χ1n) is 8.88. The normalized spacial score (nSPS) is 15.1. The van der Waals surface area contributed by atoms with E-state index < -0.39 is 17.5 Å². The van der Waals surface area contributed by atoms with E-state index in [1.165, 1.54) is 18.6 Å². The number of halogens is 1. The molecule has 8 heteroatoms. The number of rotatable bonds is 4. The molecular weight excluding hydrogens is 351 g/mol. The Morgan fingerprint density at radius 2 is 2.04 bits per heavy atom. The van der Waals surface area contributed by atoms with Crippen molar-refractivity contribution in [2.75, 3.05) is 0 Å². The molecule has 1 aliphatic carbocycles. The van der Waals surface area contributed by atoms with E-state index in [-0.39, 0.29) is 17.5 Å². The number of aromatic hydroxyl groups is 1. The van der Waals surface area contributed by atoms with Crippen LogP contribution in [0.2, 0.25) is 0 Å². The lowest BCUT2D eigenvalue weighted by molar-refractivity contribution is 0.0992. The van der Waals surface area contributed by atoms with Crippen molar-refractivity contribution in [3.8, 4) is 28.3 Å². The molecule has 3 N–H and O–H groups in total. The first kappa shape index (κ1) is 17.3. The van der Waals surface area contributed by atoms with E-state index in [0.717, 1.165) is 31.7 Å². The second-order valence-corrected chi connectivity index (χ2v) is 6.72. The molecule has 2 heterocycles. The van der Waals surface area contributed by atoms with Crippen molar-refractivity contribution in [1.29, 1.82) is 0 Å². The summed E-state index contributed by atoms with van der Waals surface area (Å²) in [5.74, 6) is -1.77. The van der Waals surface area contributed by atoms with Crippen LogP contribution < -0.4 is 5.73 Å². The predicted molar refractivity (Wildman–Crippen MR) is 95.4 cm³/mol. The molecule has 1 amide bonds. The number of carbonyl (C=O) groups excluding carboxylic acids is 1. The first-order valence-corrected chi connectivity index (χ1v) is 8.88. The van der Waals surface area contributed by atoms with Gasteiger partial charge in [0.15, 0.2) is 23.0 Å². The molecule has 1 aromatic carbocycles. The topological polar surface area (TPSA) is 107 Å². The van der Waals surface area contributed by atoms with Gasteiger partial charge in [0.1, 0.15) is 0 Å². The van der Waals surface area contributed by atoms with Crippen LogP contribution in [0, 0.1) is 5.82 Å². The average molecular weight is 370 g/mol. The molecule has 0 aliphatic heterocycles. The van der Waals surface area contributed by atoms with E-state index in [1.54, 1.807) is 12.3 Å². The van der Waals surface area contributed by atoms with Gasteiger partial charge in [-0.3, -0.25) is 9.48 Å². The van der Waals surface area contributed by atoms with Gasteiger partial charge in [0.25, 0.3) is 5.91 Å². The van der Waals surface area contributed by atoms with Gasteiger partial charge in [-0.05, 0) is 37.1 Å². The van der Waals surface area contributed by atoms with Crippen molar-refractivity contribution >= 4 is 5.91 Å². The fourth-order valence-corrected chi connectivity index (χ4v) is 3.68. The van der Waals surface area contributed by atoms with Gasteiger partial charge in [-0.25, -0.2) is 4.39 Å². The summed E-state index contributed by atoms with van der Waals surface area (Å²) < 4.78 is 20.7. The minimum Gasteiger partial charge on any atom is -0.505 e. The number of primary amides is 1. The molecule has 3 aromatic rings. The fourth-order valence-electron chi connectivity index (χ4n) is 3.68. The van der Waals surface area contributed by atoms with Crippen molar-refractivity contribution in [3.63, 3.8) is 0 Å². The van der Waals surface area contributed by atoms with Gasteiger partial charge in [-0.15, -0.1) is 0 Å². The third kappa shape index (κ3) is 3.07. The Kier molecular flexibility index (Phi) is 4.39. The number of hydrogen-bond acceptors (Lipinski definition) is 5. The minimum atomic E-state index is -0.748. The second-order valence-electron chi connectivity index (χ2n) is 6.72. The average Bonchev–Trinajstić information content (AvgIpc) is 3.31. The Hall–Kier alpha value is -3.16. The largest absolute Gasteiger partial charge is 0.505 e. The third-order valence-electron chi connectivity index (χ3n) is 4.98. The summed E-state index contributed by atoms with van der Waals surface area (Å²) in [4.78, 5) is 11.9. The Bertz CT molecular complexity index is 989. The van der Waals surface area contributed by atoms with Gasteiger partial charge in [0.2, 0.25) is 0 Å². The molecule has 1 aliphatic rings. The summed E-state index contributed by atoms with van der Waals surface area (Å²) in [6.45, 7) is 0. The lowest BCUT2D eigenvalue weighted by Crippen LogP contribution is -2.17. The number of nitrogens with two attached hydrogens (primary N) is 1.